The number of ether oxygens (including phenoxy) is 2. The molecule has 2 aliphatic rings. The molecule has 3 N–H and O–H groups in total. The van der Waals surface area contributed by atoms with E-state index in [1.807, 2.05) is 13.8 Å². The number of anilines is 1. The van der Waals surface area contributed by atoms with E-state index in [4.69, 9.17) is 14.6 Å². The average molecular weight is 471 g/mol. The van der Waals surface area contributed by atoms with Crippen molar-refractivity contribution in [2.45, 2.75) is 50.9 Å². The van der Waals surface area contributed by atoms with Gasteiger partial charge in [0, 0.05) is 43.2 Å². The summed E-state index contributed by atoms with van der Waals surface area (Å²) in [7, 11) is 1.73. The summed E-state index contributed by atoms with van der Waals surface area (Å²) in [5.74, 6) is 0.267. The van der Waals surface area contributed by atoms with Gasteiger partial charge < -0.3 is 19.9 Å². The highest BCUT2D eigenvalue weighted by molar-refractivity contribution is 7.19. The number of thiophene rings is 1. The normalized spacial score (nSPS) is 21.5. The van der Waals surface area contributed by atoms with Crippen molar-refractivity contribution >= 4 is 27.2 Å². The summed E-state index contributed by atoms with van der Waals surface area (Å²) in [5, 5.41) is 22.9. The highest BCUT2D eigenvalue weighted by atomic mass is 32.1. The van der Waals surface area contributed by atoms with E-state index in [9.17, 15) is 5.11 Å². The number of H-pyrrole nitrogens is 1. The van der Waals surface area contributed by atoms with Crippen molar-refractivity contribution in [3.05, 3.63) is 46.0 Å². The van der Waals surface area contributed by atoms with Gasteiger partial charge in [0.2, 0.25) is 0 Å². The van der Waals surface area contributed by atoms with Crippen LogP contribution >= 0.6 is 11.3 Å². The Morgan fingerprint density at radius 2 is 2.03 bits per heavy atom. The van der Waals surface area contributed by atoms with Crippen LogP contribution in [0, 0.1) is 0 Å². The first kappa shape index (κ1) is 22.8. The predicted molar refractivity (Wildman–Crippen MR) is 132 cm³/mol. The van der Waals surface area contributed by atoms with Crippen LogP contribution in [0.25, 0.3) is 10.2 Å². The molecule has 2 aromatic heterocycles. The Morgan fingerprint density at radius 3 is 2.76 bits per heavy atom. The lowest BCUT2D eigenvalue weighted by molar-refractivity contribution is 0.0284. The lowest BCUT2D eigenvalue weighted by Gasteiger charge is -2.31. The maximum atomic E-state index is 11.1. The largest absolute Gasteiger partial charge is 0.385 e. The van der Waals surface area contributed by atoms with Gasteiger partial charge in [0.05, 0.1) is 41.7 Å². The molecule has 0 spiro atoms. The molecule has 1 aromatic carbocycles. The number of fused-ring (bicyclic) bond motifs is 2. The van der Waals surface area contributed by atoms with E-state index < -0.39 is 5.60 Å². The number of nitrogens with one attached hydrogen (secondary N) is 2. The van der Waals surface area contributed by atoms with E-state index in [0.29, 0.717) is 19.4 Å². The van der Waals surface area contributed by atoms with Crippen LogP contribution in [0.5, 0.6) is 0 Å². The highest BCUT2D eigenvalue weighted by Crippen LogP contribution is 2.48. The van der Waals surface area contributed by atoms with E-state index in [1.54, 1.807) is 18.4 Å². The van der Waals surface area contributed by atoms with E-state index >= 15 is 0 Å². The van der Waals surface area contributed by atoms with Crippen LogP contribution in [0.15, 0.2) is 24.3 Å². The third-order valence-electron chi connectivity index (χ3n) is 7.33. The second-order valence-electron chi connectivity index (χ2n) is 9.18. The highest BCUT2D eigenvalue weighted by Gasteiger charge is 2.38. The monoisotopic (exact) mass is 470 g/mol. The lowest BCUT2D eigenvalue weighted by Crippen LogP contribution is -2.39. The molecule has 4 heterocycles. The van der Waals surface area contributed by atoms with Crippen LogP contribution in [0.1, 0.15) is 60.3 Å². The Morgan fingerprint density at radius 1 is 1.24 bits per heavy atom. The van der Waals surface area contributed by atoms with Crippen LogP contribution < -0.4 is 5.32 Å². The summed E-state index contributed by atoms with van der Waals surface area (Å²) < 4.78 is 12.1. The maximum Gasteiger partial charge on any atom is 0.103 e. The van der Waals surface area contributed by atoms with E-state index in [-0.39, 0.29) is 12.0 Å². The van der Waals surface area contributed by atoms with Crippen LogP contribution in [0.3, 0.4) is 0 Å². The van der Waals surface area contributed by atoms with Crippen molar-refractivity contribution < 1.29 is 14.6 Å². The van der Waals surface area contributed by atoms with Gasteiger partial charge in [-0.05, 0) is 36.1 Å². The molecule has 0 radical (unpaired) electrons. The van der Waals surface area contributed by atoms with Crippen molar-refractivity contribution in [3.63, 3.8) is 0 Å². The van der Waals surface area contributed by atoms with Gasteiger partial charge in [-0.3, -0.25) is 10.00 Å². The van der Waals surface area contributed by atoms with Crippen LogP contribution in [0.2, 0.25) is 0 Å². The Kier molecular flexibility index (Phi) is 6.46. The number of methoxy groups -OCH3 is 1. The fourth-order valence-electron chi connectivity index (χ4n) is 5.24. The zero-order chi connectivity index (χ0) is 23.0. The summed E-state index contributed by atoms with van der Waals surface area (Å²) in [6, 6.07) is 8.69. The molecule has 0 aliphatic carbocycles. The topological polar surface area (TPSA) is 82.6 Å². The molecule has 178 valence electrons. The third-order valence-corrected chi connectivity index (χ3v) is 8.46. The summed E-state index contributed by atoms with van der Waals surface area (Å²) in [4.78, 5) is 3.69. The fourth-order valence-corrected chi connectivity index (χ4v) is 6.34. The number of rotatable bonds is 8. The summed E-state index contributed by atoms with van der Waals surface area (Å²) in [6.07, 6.45) is 1.39. The molecule has 0 saturated carbocycles. The molecular formula is C25H34N4O3S. The number of hydrogen-bond acceptors (Lipinski definition) is 7. The first-order valence-electron chi connectivity index (χ1n) is 11.9. The number of aromatic nitrogens is 2. The Balaban J connectivity index is 1.52. The molecule has 33 heavy (non-hydrogen) atoms. The predicted octanol–water partition coefficient (Wildman–Crippen LogP) is 4.36. The number of benzene rings is 1. The number of nitrogens with zero attached hydrogens (tertiary/aromatic N) is 2. The zero-order valence-corrected chi connectivity index (χ0v) is 20.5. The van der Waals surface area contributed by atoms with Gasteiger partial charge in [-0.1, -0.05) is 26.0 Å². The van der Waals surface area contributed by atoms with Gasteiger partial charge in [-0.2, -0.15) is 5.10 Å². The molecule has 5 rings (SSSR count). The van der Waals surface area contributed by atoms with Crippen molar-refractivity contribution in [1.29, 1.82) is 0 Å². The quantitative estimate of drug-likeness (QED) is 0.454. The van der Waals surface area contributed by atoms with Gasteiger partial charge in [0.1, 0.15) is 5.69 Å². The molecule has 1 saturated heterocycles. The summed E-state index contributed by atoms with van der Waals surface area (Å²) in [5.41, 5.74) is 4.73. The van der Waals surface area contributed by atoms with Crippen molar-refractivity contribution in [2.75, 3.05) is 45.3 Å². The molecule has 0 amide bonds. The Bertz CT molecular complexity index is 1100. The number of morpholine rings is 1. The van der Waals surface area contributed by atoms with Gasteiger partial charge in [-0.25, -0.2) is 0 Å². The van der Waals surface area contributed by atoms with Gasteiger partial charge in [-0.15, -0.1) is 11.3 Å². The molecule has 1 fully saturated rings. The van der Waals surface area contributed by atoms with Crippen molar-refractivity contribution in [3.8, 4) is 0 Å². The van der Waals surface area contributed by atoms with Crippen molar-refractivity contribution in [1.82, 2.24) is 15.1 Å². The van der Waals surface area contributed by atoms with E-state index in [2.05, 4.69) is 39.6 Å². The summed E-state index contributed by atoms with van der Waals surface area (Å²) >= 11 is 1.75. The van der Waals surface area contributed by atoms with Crippen LogP contribution in [0.4, 0.5) is 5.69 Å². The standard InChI is InChI=1S/C25H34N4O3S/c1-4-25(30,5-2)16-6-7-18-19(14-29-8-10-32-11-9-29)22(26-20(18)12-16)23-24-21(27-28-23)13-17(33-24)15-31-3/h6-7,12-13,19,22,26,30H,4-5,8-11,14-15H2,1-3H3,(H,27,28). The molecule has 3 aromatic rings. The fraction of sp³-hybridized carbons (Fsp3) is 0.560. The van der Waals surface area contributed by atoms with Gasteiger partial charge in [0.25, 0.3) is 0 Å². The molecule has 2 atom stereocenters. The second kappa shape index (κ2) is 9.35. The second-order valence-corrected chi connectivity index (χ2v) is 10.3. The van der Waals surface area contributed by atoms with E-state index in [1.165, 1.54) is 15.1 Å². The number of hydrogen-bond donors (Lipinski definition) is 3. The average Bonchev–Trinajstić information content (AvgIpc) is 3.52. The Labute approximate surface area is 199 Å². The first-order valence-corrected chi connectivity index (χ1v) is 12.8. The maximum absolute atomic E-state index is 11.1. The minimum atomic E-state index is -0.795. The molecule has 2 aliphatic heterocycles. The lowest BCUT2D eigenvalue weighted by atomic mass is 9.86. The zero-order valence-electron chi connectivity index (χ0n) is 19.7. The third kappa shape index (κ3) is 4.19. The smallest absolute Gasteiger partial charge is 0.103 e. The number of aromatic amines is 1. The minimum absolute atomic E-state index is 0.0669. The van der Waals surface area contributed by atoms with E-state index in [0.717, 1.165) is 55.3 Å². The van der Waals surface area contributed by atoms with Crippen molar-refractivity contribution in [2.24, 2.45) is 0 Å². The van der Waals surface area contributed by atoms with Gasteiger partial charge >= 0.3 is 0 Å². The SMILES string of the molecule is CCC(O)(CC)c1ccc2c(c1)NC(c1n[nH]c3cc(COC)sc13)C2CN1CCOCC1. The minimum Gasteiger partial charge on any atom is -0.385 e. The Hall–Kier alpha value is -1.97. The van der Waals surface area contributed by atoms with Crippen LogP contribution in [-0.4, -0.2) is 60.2 Å². The molecular weight excluding hydrogens is 436 g/mol. The summed E-state index contributed by atoms with van der Waals surface area (Å²) in [6.45, 7) is 9.13. The molecule has 2 unspecified atom stereocenters. The number of aliphatic hydroxyl groups is 1. The van der Waals surface area contributed by atoms with Crippen LogP contribution in [-0.2, 0) is 21.7 Å². The molecule has 0 bridgehead atoms. The molecule has 7 nitrogen and oxygen atoms in total. The molecule has 8 heteroatoms. The first-order chi connectivity index (χ1) is 16.1. The van der Waals surface area contributed by atoms with Gasteiger partial charge in [0.15, 0.2) is 0 Å².